The van der Waals surface area contributed by atoms with E-state index in [0.29, 0.717) is 34.9 Å². The number of carbonyl (C=O) groups is 2. The fourth-order valence-electron chi connectivity index (χ4n) is 3.40. The molecule has 8 heteroatoms. The van der Waals surface area contributed by atoms with E-state index in [4.69, 9.17) is 10.5 Å². The zero-order valence-corrected chi connectivity index (χ0v) is 16.9. The van der Waals surface area contributed by atoms with Crippen molar-refractivity contribution in [2.45, 2.75) is 45.8 Å². The van der Waals surface area contributed by atoms with E-state index in [1.165, 1.54) is 19.2 Å². The molecule has 0 unspecified atom stereocenters. The monoisotopic (exact) mass is 395 g/mol. The fraction of sp³-hybridized carbons (Fsp3) is 0.429. The van der Waals surface area contributed by atoms with Gasteiger partial charge < -0.3 is 20.4 Å². The van der Waals surface area contributed by atoms with Crippen LogP contribution in [-0.2, 0) is 16.1 Å². The summed E-state index contributed by atoms with van der Waals surface area (Å²) in [6, 6.07) is 5.34. The van der Waals surface area contributed by atoms with Crippen molar-refractivity contribution < 1.29 is 14.3 Å². The minimum absolute atomic E-state index is 0.0129. The summed E-state index contributed by atoms with van der Waals surface area (Å²) in [6.45, 7) is 6.15. The topological polar surface area (TPSA) is 112 Å². The second-order valence-corrected chi connectivity index (χ2v) is 8.52. The quantitative estimate of drug-likeness (QED) is 0.642. The van der Waals surface area contributed by atoms with Gasteiger partial charge in [0.25, 0.3) is 5.91 Å². The minimum atomic E-state index is -0.587. The van der Waals surface area contributed by atoms with E-state index in [1.807, 2.05) is 26.8 Å². The third-order valence-electron chi connectivity index (χ3n) is 4.89. The number of hydrogen-bond acceptors (Lipinski definition) is 6. The number of amides is 1. The standard InChI is InChI=1S/C21H25N5O3/c1-21(2,3)29-16(27)10-26-15-7-6-13(20(28)23-9-12-4-5-12)8-14(15)17-18(22)24-11-25-19(17)26/h6-8,11-12H,4-5,9-10H2,1-3H3,(H,23,28)(H2,22,24,25). The SMILES string of the molecule is CC(C)(C)OC(=O)Cn1c2ccc(C(=O)NCC3CC3)cc2c2c(N)ncnc21. The normalized spacial score (nSPS) is 14.3. The van der Waals surface area contributed by atoms with E-state index in [9.17, 15) is 9.59 Å². The number of aromatic nitrogens is 3. The van der Waals surface area contributed by atoms with E-state index in [-0.39, 0.29) is 18.4 Å². The van der Waals surface area contributed by atoms with E-state index >= 15 is 0 Å². The van der Waals surface area contributed by atoms with Crippen LogP contribution in [-0.4, -0.2) is 38.6 Å². The molecule has 152 valence electrons. The van der Waals surface area contributed by atoms with Crippen molar-refractivity contribution >= 4 is 39.6 Å². The largest absolute Gasteiger partial charge is 0.459 e. The molecule has 1 aliphatic rings. The Kier molecular flexibility index (Phi) is 4.64. The predicted molar refractivity (Wildman–Crippen MR) is 110 cm³/mol. The van der Waals surface area contributed by atoms with Gasteiger partial charge in [0.15, 0.2) is 0 Å². The highest BCUT2D eigenvalue weighted by molar-refractivity contribution is 6.13. The average molecular weight is 395 g/mol. The summed E-state index contributed by atoms with van der Waals surface area (Å²) in [5, 5.41) is 4.34. The molecule has 4 rings (SSSR count). The zero-order chi connectivity index (χ0) is 20.8. The van der Waals surface area contributed by atoms with Crippen molar-refractivity contribution in [2.24, 2.45) is 5.92 Å². The number of esters is 1. The molecule has 3 aromatic rings. The van der Waals surface area contributed by atoms with Gasteiger partial charge in [-0.05, 0) is 57.7 Å². The second-order valence-electron chi connectivity index (χ2n) is 8.52. The summed E-state index contributed by atoms with van der Waals surface area (Å²) in [4.78, 5) is 33.4. The molecule has 29 heavy (non-hydrogen) atoms. The van der Waals surface area contributed by atoms with E-state index in [2.05, 4.69) is 15.3 Å². The highest BCUT2D eigenvalue weighted by Gasteiger charge is 2.23. The van der Waals surface area contributed by atoms with Gasteiger partial charge >= 0.3 is 5.97 Å². The van der Waals surface area contributed by atoms with Crippen LogP contribution in [0.15, 0.2) is 24.5 Å². The molecule has 0 bridgehead atoms. The Morgan fingerprint density at radius 1 is 1.28 bits per heavy atom. The summed E-state index contributed by atoms with van der Waals surface area (Å²) in [5.41, 5.74) is 7.36. The molecule has 1 saturated carbocycles. The third kappa shape index (κ3) is 4.01. The van der Waals surface area contributed by atoms with Gasteiger partial charge in [0, 0.05) is 17.5 Å². The molecule has 2 heterocycles. The Morgan fingerprint density at radius 2 is 2.03 bits per heavy atom. The summed E-state index contributed by atoms with van der Waals surface area (Å²) < 4.78 is 7.22. The van der Waals surface area contributed by atoms with Gasteiger partial charge in [-0.15, -0.1) is 0 Å². The molecule has 1 fully saturated rings. The maximum Gasteiger partial charge on any atom is 0.326 e. The number of rotatable bonds is 5. The van der Waals surface area contributed by atoms with Crippen LogP contribution < -0.4 is 11.1 Å². The van der Waals surface area contributed by atoms with Crippen LogP contribution in [0.5, 0.6) is 0 Å². The van der Waals surface area contributed by atoms with E-state index < -0.39 is 5.60 Å². The highest BCUT2D eigenvalue weighted by atomic mass is 16.6. The van der Waals surface area contributed by atoms with Gasteiger partial charge in [-0.2, -0.15) is 0 Å². The maximum atomic E-state index is 12.5. The van der Waals surface area contributed by atoms with Crippen molar-refractivity contribution in [3.05, 3.63) is 30.1 Å². The number of nitrogens with one attached hydrogen (secondary N) is 1. The molecular weight excluding hydrogens is 370 g/mol. The van der Waals surface area contributed by atoms with Crippen LogP contribution in [0.1, 0.15) is 44.0 Å². The number of hydrogen-bond donors (Lipinski definition) is 2. The lowest BCUT2D eigenvalue weighted by molar-refractivity contribution is -0.155. The number of anilines is 1. The highest BCUT2D eigenvalue weighted by Crippen LogP contribution is 2.32. The predicted octanol–water partition coefficient (Wildman–Crippen LogP) is 2.65. The van der Waals surface area contributed by atoms with E-state index in [1.54, 1.807) is 16.7 Å². The molecule has 3 N–H and O–H groups in total. The molecule has 0 saturated heterocycles. The van der Waals surface area contributed by atoms with Crippen LogP contribution in [0.3, 0.4) is 0 Å². The van der Waals surface area contributed by atoms with Gasteiger partial charge in [0.1, 0.15) is 29.9 Å². The molecule has 1 amide bonds. The number of nitrogens with zero attached hydrogens (tertiary/aromatic N) is 3. The first kappa shape index (κ1) is 19.2. The van der Waals surface area contributed by atoms with Gasteiger partial charge in [-0.1, -0.05) is 0 Å². The Morgan fingerprint density at radius 3 is 2.72 bits per heavy atom. The Balaban J connectivity index is 1.75. The Labute approximate surface area is 168 Å². The molecule has 0 aliphatic heterocycles. The van der Waals surface area contributed by atoms with Crippen molar-refractivity contribution in [1.29, 1.82) is 0 Å². The lowest BCUT2D eigenvalue weighted by Gasteiger charge is -2.20. The molecule has 0 radical (unpaired) electrons. The number of fused-ring (bicyclic) bond motifs is 3. The first-order chi connectivity index (χ1) is 13.7. The minimum Gasteiger partial charge on any atom is -0.459 e. The van der Waals surface area contributed by atoms with Crippen molar-refractivity contribution in [3.63, 3.8) is 0 Å². The maximum absolute atomic E-state index is 12.5. The lowest BCUT2D eigenvalue weighted by atomic mass is 10.1. The Bertz CT molecular complexity index is 1110. The third-order valence-corrected chi connectivity index (χ3v) is 4.89. The molecule has 1 aromatic carbocycles. The summed E-state index contributed by atoms with van der Waals surface area (Å²) >= 11 is 0. The number of nitrogens with two attached hydrogens (primary N) is 1. The van der Waals surface area contributed by atoms with Crippen molar-refractivity contribution in [3.8, 4) is 0 Å². The number of carbonyl (C=O) groups excluding carboxylic acids is 2. The van der Waals surface area contributed by atoms with Gasteiger partial charge in [0.2, 0.25) is 0 Å². The number of nitrogen functional groups attached to an aromatic ring is 1. The van der Waals surface area contributed by atoms with Crippen LogP contribution in [0.2, 0.25) is 0 Å². The number of ether oxygens (including phenoxy) is 1. The molecular formula is C21H25N5O3. The van der Waals surface area contributed by atoms with E-state index in [0.717, 1.165) is 10.9 Å². The van der Waals surface area contributed by atoms with Gasteiger partial charge in [-0.3, -0.25) is 9.59 Å². The van der Waals surface area contributed by atoms with Crippen molar-refractivity contribution in [2.75, 3.05) is 12.3 Å². The number of benzene rings is 1. The molecule has 0 spiro atoms. The van der Waals surface area contributed by atoms with Gasteiger partial charge in [-0.25, -0.2) is 9.97 Å². The van der Waals surface area contributed by atoms with Crippen LogP contribution in [0.25, 0.3) is 21.9 Å². The summed E-state index contributed by atoms with van der Waals surface area (Å²) in [7, 11) is 0. The Hall–Kier alpha value is -3.16. The summed E-state index contributed by atoms with van der Waals surface area (Å²) in [5.74, 6) is 0.406. The van der Waals surface area contributed by atoms with Crippen LogP contribution >= 0.6 is 0 Å². The van der Waals surface area contributed by atoms with Crippen LogP contribution in [0.4, 0.5) is 5.82 Å². The molecule has 1 aliphatic carbocycles. The lowest BCUT2D eigenvalue weighted by Crippen LogP contribution is -2.26. The smallest absolute Gasteiger partial charge is 0.326 e. The second kappa shape index (κ2) is 7.02. The average Bonchev–Trinajstić information content (AvgIpc) is 3.42. The fourth-order valence-corrected chi connectivity index (χ4v) is 3.40. The van der Waals surface area contributed by atoms with Crippen molar-refractivity contribution in [1.82, 2.24) is 19.9 Å². The first-order valence-electron chi connectivity index (χ1n) is 9.75. The molecule has 0 atom stereocenters. The molecule has 8 nitrogen and oxygen atoms in total. The summed E-state index contributed by atoms with van der Waals surface area (Å²) in [6.07, 6.45) is 3.71. The van der Waals surface area contributed by atoms with Gasteiger partial charge in [0.05, 0.1) is 10.9 Å². The molecule has 2 aromatic heterocycles. The first-order valence-corrected chi connectivity index (χ1v) is 9.75. The van der Waals surface area contributed by atoms with Crippen LogP contribution in [0, 0.1) is 5.92 Å². The zero-order valence-electron chi connectivity index (χ0n) is 16.9.